The third kappa shape index (κ3) is 1.02. The van der Waals surface area contributed by atoms with E-state index in [2.05, 4.69) is 10.3 Å². The van der Waals surface area contributed by atoms with E-state index in [0.717, 1.165) is 11.1 Å². The van der Waals surface area contributed by atoms with Crippen LogP contribution >= 0.6 is 0 Å². The number of fused-ring (bicyclic) bond motifs is 2. The lowest BCUT2D eigenvalue weighted by molar-refractivity contribution is 0.246. The van der Waals surface area contributed by atoms with Gasteiger partial charge in [0.2, 0.25) is 0 Å². The molecule has 1 spiro atoms. The predicted octanol–water partition coefficient (Wildman–Crippen LogP) is 1.05. The number of aryl methyl sites for hydroxylation is 1. The monoisotopic (exact) mass is 219 g/mol. The Morgan fingerprint density at radius 2 is 2.31 bits per heavy atom. The second kappa shape index (κ2) is 2.81. The summed E-state index contributed by atoms with van der Waals surface area (Å²) in [6.45, 7) is 0. The van der Waals surface area contributed by atoms with Crippen molar-refractivity contribution in [3.05, 3.63) is 35.1 Å². The van der Waals surface area contributed by atoms with Crippen LogP contribution in [0.4, 0.5) is 9.18 Å². The van der Waals surface area contributed by atoms with E-state index in [-0.39, 0.29) is 11.7 Å². The quantitative estimate of drug-likeness (QED) is 0.684. The Hall–Kier alpha value is -1.91. The standard InChI is InChI=1S/C11H10FN3O/c12-7-1-2-8-6(5-7)3-4-11(8)9(13)14-10(16)15-11/h1-2,5H,3-4H2,(H3,13,14,15,16). The van der Waals surface area contributed by atoms with Gasteiger partial charge >= 0.3 is 6.03 Å². The minimum Gasteiger partial charge on any atom is -0.385 e. The SMILES string of the molecule is NC1=NC(=O)NC12CCc1cc(F)ccc12. The fourth-order valence-corrected chi connectivity index (χ4v) is 2.52. The number of urea groups is 1. The van der Waals surface area contributed by atoms with Crippen molar-refractivity contribution < 1.29 is 9.18 Å². The third-order valence-corrected chi connectivity index (χ3v) is 3.28. The molecule has 16 heavy (non-hydrogen) atoms. The van der Waals surface area contributed by atoms with E-state index in [9.17, 15) is 9.18 Å². The Bertz CT molecular complexity index is 526. The molecule has 0 fully saturated rings. The summed E-state index contributed by atoms with van der Waals surface area (Å²) in [5.74, 6) is 0.0125. The maximum absolute atomic E-state index is 13.1. The van der Waals surface area contributed by atoms with Gasteiger partial charge in [-0.3, -0.25) is 0 Å². The summed E-state index contributed by atoms with van der Waals surface area (Å²) >= 11 is 0. The van der Waals surface area contributed by atoms with Crippen LogP contribution in [0.25, 0.3) is 0 Å². The number of halogens is 1. The zero-order valence-electron chi connectivity index (χ0n) is 8.46. The number of amides is 2. The largest absolute Gasteiger partial charge is 0.385 e. The highest BCUT2D eigenvalue weighted by Crippen LogP contribution is 2.39. The molecular formula is C11H10FN3O. The molecule has 0 radical (unpaired) electrons. The van der Waals surface area contributed by atoms with E-state index in [1.165, 1.54) is 12.1 Å². The van der Waals surface area contributed by atoms with Gasteiger partial charge in [0.05, 0.1) is 0 Å². The van der Waals surface area contributed by atoms with E-state index < -0.39 is 11.6 Å². The van der Waals surface area contributed by atoms with Gasteiger partial charge in [-0.05, 0) is 36.1 Å². The van der Waals surface area contributed by atoms with Crippen molar-refractivity contribution in [2.45, 2.75) is 18.4 Å². The van der Waals surface area contributed by atoms with Gasteiger partial charge in [-0.1, -0.05) is 6.07 Å². The Morgan fingerprint density at radius 1 is 1.50 bits per heavy atom. The highest BCUT2D eigenvalue weighted by Gasteiger charge is 2.47. The van der Waals surface area contributed by atoms with Gasteiger partial charge in [-0.2, -0.15) is 4.99 Å². The topological polar surface area (TPSA) is 67.5 Å². The molecule has 1 aromatic rings. The van der Waals surface area contributed by atoms with Crippen molar-refractivity contribution in [2.75, 3.05) is 0 Å². The van der Waals surface area contributed by atoms with Crippen molar-refractivity contribution in [2.24, 2.45) is 10.7 Å². The van der Waals surface area contributed by atoms with Crippen molar-refractivity contribution in [1.29, 1.82) is 0 Å². The van der Waals surface area contributed by atoms with Crippen LogP contribution in [-0.4, -0.2) is 11.9 Å². The summed E-state index contributed by atoms with van der Waals surface area (Å²) in [5, 5.41) is 2.76. The van der Waals surface area contributed by atoms with Crippen LogP contribution in [0, 0.1) is 5.82 Å². The zero-order chi connectivity index (χ0) is 11.3. The number of nitrogens with two attached hydrogens (primary N) is 1. The summed E-state index contributed by atoms with van der Waals surface area (Å²) in [6, 6.07) is 4.12. The van der Waals surface area contributed by atoms with E-state index >= 15 is 0 Å². The fourth-order valence-electron chi connectivity index (χ4n) is 2.52. The average Bonchev–Trinajstić information content (AvgIpc) is 2.70. The molecule has 0 saturated heterocycles. The molecule has 2 amide bonds. The number of benzene rings is 1. The van der Waals surface area contributed by atoms with Gasteiger partial charge in [0.1, 0.15) is 17.2 Å². The first-order chi connectivity index (χ1) is 7.62. The number of hydrogen-bond donors (Lipinski definition) is 2. The normalized spacial score (nSPS) is 26.8. The van der Waals surface area contributed by atoms with Gasteiger partial charge in [0, 0.05) is 0 Å². The van der Waals surface area contributed by atoms with Crippen LogP contribution in [0.1, 0.15) is 17.5 Å². The molecule has 1 aromatic carbocycles. The summed E-state index contributed by atoms with van der Waals surface area (Å²) < 4.78 is 13.1. The third-order valence-electron chi connectivity index (χ3n) is 3.28. The van der Waals surface area contributed by atoms with Crippen LogP contribution in [-0.2, 0) is 12.0 Å². The van der Waals surface area contributed by atoms with Gasteiger partial charge < -0.3 is 11.1 Å². The Kier molecular flexibility index (Phi) is 1.64. The number of nitrogens with one attached hydrogen (secondary N) is 1. The molecule has 1 aliphatic carbocycles. The smallest absolute Gasteiger partial charge is 0.343 e. The fraction of sp³-hybridized carbons (Fsp3) is 0.273. The molecule has 1 heterocycles. The minimum absolute atomic E-state index is 0.268. The number of carbonyl (C=O) groups is 1. The van der Waals surface area contributed by atoms with Crippen LogP contribution in [0.2, 0.25) is 0 Å². The molecule has 2 aliphatic rings. The van der Waals surface area contributed by atoms with Crippen molar-refractivity contribution in [1.82, 2.24) is 5.32 Å². The maximum Gasteiger partial charge on any atom is 0.343 e. The molecule has 3 N–H and O–H groups in total. The van der Waals surface area contributed by atoms with Crippen molar-refractivity contribution in [3.63, 3.8) is 0 Å². The molecule has 5 heteroatoms. The summed E-state index contributed by atoms with van der Waals surface area (Å²) in [4.78, 5) is 14.9. The van der Waals surface area contributed by atoms with Gasteiger partial charge in [-0.15, -0.1) is 0 Å². The zero-order valence-corrected chi connectivity index (χ0v) is 8.46. The Morgan fingerprint density at radius 3 is 3.00 bits per heavy atom. The highest BCUT2D eigenvalue weighted by atomic mass is 19.1. The summed E-state index contributed by atoms with van der Waals surface area (Å²) in [5.41, 5.74) is 6.85. The molecular weight excluding hydrogens is 209 g/mol. The second-order valence-electron chi connectivity index (χ2n) is 4.13. The highest BCUT2D eigenvalue weighted by molar-refractivity contribution is 6.06. The van der Waals surface area contributed by atoms with Gasteiger partial charge in [-0.25, -0.2) is 9.18 Å². The van der Waals surface area contributed by atoms with Crippen LogP contribution in [0.3, 0.4) is 0 Å². The average molecular weight is 219 g/mol. The van der Waals surface area contributed by atoms with Crippen LogP contribution in [0.5, 0.6) is 0 Å². The Labute approximate surface area is 91.4 Å². The number of aliphatic imine (C=N–C) groups is 1. The summed E-state index contributed by atoms with van der Waals surface area (Å²) in [6.07, 6.45) is 1.34. The number of amidine groups is 1. The van der Waals surface area contributed by atoms with Crippen molar-refractivity contribution in [3.8, 4) is 0 Å². The first kappa shape index (κ1) is 9.33. The summed E-state index contributed by atoms with van der Waals surface area (Å²) in [7, 11) is 0. The molecule has 1 atom stereocenters. The lowest BCUT2D eigenvalue weighted by Crippen LogP contribution is -2.47. The van der Waals surface area contributed by atoms with Gasteiger partial charge in [0.15, 0.2) is 0 Å². The molecule has 3 rings (SSSR count). The van der Waals surface area contributed by atoms with E-state index in [1.54, 1.807) is 6.07 Å². The number of nitrogens with zero attached hydrogens (tertiary/aromatic N) is 1. The number of rotatable bonds is 0. The number of carbonyl (C=O) groups excluding carboxylic acids is 1. The predicted molar refractivity (Wildman–Crippen MR) is 56.6 cm³/mol. The molecule has 1 aliphatic heterocycles. The Balaban J connectivity index is 2.17. The molecule has 82 valence electrons. The lowest BCUT2D eigenvalue weighted by atomic mass is 9.91. The first-order valence-corrected chi connectivity index (χ1v) is 5.07. The molecule has 0 aromatic heterocycles. The molecule has 1 unspecified atom stereocenters. The molecule has 0 bridgehead atoms. The van der Waals surface area contributed by atoms with E-state index in [4.69, 9.17) is 5.73 Å². The lowest BCUT2D eigenvalue weighted by Gasteiger charge is -2.24. The second-order valence-corrected chi connectivity index (χ2v) is 4.13. The van der Waals surface area contributed by atoms with Crippen molar-refractivity contribution >= 4 is 11.9 Å². The molecule has 0 saturated carbocycles. The van der Waals surface area contributed by atoms with Gasteiger partial charge in [0.25, 0.3) is 0 Å². The number of hydrogen-bond acceptors (Lipinski definition) is 2. The van der Waals surface area contributed by atoms with Crippen LogP contribution < -0.4 is 11.1 Å². The maximum atomic E-state index is 13.1. The molecule has 4 nitrogen and oxygen atoms in total. The minimum atomic E-state index is -0.694. The van der Waals surface area contributed by atoms with E-state index in [1.807, 2.05) is 0 Å². The van der Waals surface area contributed by atoms with Crippen LogP contribution in [0.15, 0.2) is 23.2 Å². The van der Waals surface area contributed by atoms with E-state index in [0.29, 0.717) is 12.8 Å². The first-order valence-electron chi connectivity index (χ1n) is 5.07.